The number of rotatable bonds is 6. The van der Waals surface area contributed by atoms with E-state index < -0.39 is 0 Å². The van der Waals surface area contributed by atoms with Crippen LogP contribution in [0.5, 0.6) is 5.75 Å². The number of methoxy groups -OCH3 is 1. The highest BCUT2D eigenvalue weighted by Crippen LogP contribution is 2.33. The largest absolute Gasteiger partial charge is 0.495 e. The maximum atomic E-state index is 12.4. The van der Waals surface area contributed by atoms with Gasteiger partial charge in [-0.2, -0.15) is 0 Å². The molecule has 4 aromatic rings. The molecule has 0 aliphatic heterocycles. The maximum absolute atomic E-state index is 12.4. The molecule has 0 unspecified atom stereocenters. The third-order valence-electron chi connectivity index (χ3n) is 4.92. The van der Waals surface area contributed by atoms with Gasteiger partial charge in [-0.1, -0.05) is 42.3 Å². The highest BCUT2D eigenvalue weighted by molar-refractivity contribution is 6.36. The molecule has 162 valence electrons. The molecule has 0 atom stereocenters. The van der Waals surface area contributed by atoms with Gasteiger partial charge in [0.25, 0.3) is 0 Å². The van der Waals surface area contributed by atoms with E-state index in [1.54, 1.807) is 36.4 Å². The number of amides is 1. The van der Waals surface area contributed by atoms with E-state index in [0.717, 1.165) is 12.0 Å². The van der Waals surface area contributed by atoms with E-state index in [-0.39, 0.29) is 5.91 Å². The molecule has 0 saturated heterocycles. The number of carbonyl (C=O) groups is 1. The molecule has 5 nitrogen and oxygen atoms in total. The second-order valence-electron chi connectivity index (χ2n) is 7.08. The Kier molecular flexibility index (Phi) is 6.49. The molecule has 0 saturated carbocycles. The number of nitrogens with zero attached hydrogens (tertiary/aromatic N) is 1. The number of aryl methyl sites for hydroxylation is 1. The molecule has 1 amide bonds. The molecule has 1 N–H and O–H groups in total. The monoisotopic (exact) mass is 466 g/mol. The van der Waals surface area contributed by atoms with Crippen LogP contribution in [0.1, 0.15) is 18.1 Å². The van der Waals surface area contributed by atoms with Gasteiger partial charge in [0.2, 0.25) is 11.8 Å². The van der Waals surface area contributed by atoms with Gasteiger partial charge in [0.1, 0.15) is 11.3 Å². The van der Waals surface area contributed by atoms with Crippen LogP contribution in [0, 0.1) is 0 Å². The predicted octanol–water partition coefficient (Wildman–Crippen LogP) is 7.02. The number of halogens is 2. The standard InChI is InChI=1S/C25H20Cl2N2O3/c1-3-15-4-6-16(7-5-15)25-29-21-14-19(9-10-22(21)32-25)28-23(30)11-8-17-12-18(26)13-20(27)24(17)31-2/h4-14H,3H2,1-2H3,(H,28,30). The van der Waals surface area contributed by atoms with Crippen LogP contribution in [0.15, 0.2) is 65.1 Å². The second kappa shape index (κ2) is 9.47. The summed E-state index contributed by atoms with van der Waals surface area (Å²) in [6.45, 7) is 2.11. The lowest BCUT2D eigenvalue weighted by Gasteiger charge is -2.08. The van der Waals surface area contributed by atoms with Crippen LogP contribution in [0.25, 0.3) is 28.6 Å². The molecule has 0 bridgehead atoms. The summed E-state index contributed by atoms with van der Waals surface area (Å²) >= 11 is 12.2. The molecule has 0 fully saturated rings. The van der Waals surface area contributed by atoms with Gasteiger partial charge in [-0.05, 0) is 60.5 Å². The van der Waals surface area contributed by atoms with Crippen molar-refractivity contribution in [2.75, 3.05) is 12.4 Å². The molecule has 32 heavy (non-hydrogen) atoms. The first-order chi connectivity index (χ1) is 15.5. The summed E-state index contributed by atoms with van der Waals surface area (Å²) in [7, 11) is 1.51. The summed E-state index contributed by atoms with van der Waals surface area (Å²) in [5, 5.41) is 3.64. The number of fused-ring (bicyclic) bond motifs is 1. The molecule has 0 radical (unpaired) electrons. The fourth-order valence-electron chi connectivity index (χ4n) is 3.28. The van der Waals surface area contributed by atoms with Crippen molar-refractivity contribution in [3.8, 4) is 17.2 Å². The Bertz CT molecular complexity index is 1310. The van der Waals surface area contributed by atoms with Crippen molar-refractivity contribution >= 4 is 52.0 Å². The zero-order valence-electron chi connectivity index (χ0n) is 17.5. The fraction of sp³-hybridized carbons (Fsp3) is 0.120. The van der Waals surface area contributed by atoms with Crippen molar-refractivity contribution in [3.63, 3.8) is 0 Å². The predicted molar refractivity (Wildman–Crippen MR) is 130 cm³/mol. The van der Waals surface area contributed by atoms with E-state index in [1.165, 1.54) is 18.7 Å². The van der Waals surface area contributed by atoms with Gasteiger partial charge < -0.3 is 14.5 Å². The molecule has 1 aromatic heterocycles. The minimum atomic E-state index is -0.318. The number of ether oxygens (including phenoxy) is 1. The zero-order valence-corrected chi connectivity index (χ0v) is 19.0. The summed E-state index contributed by atoms with van der Waals surface area (Å²) in [5.74, 6) is 0.668. The summed E-state index contributed by atoms with van der Waals surface area (Å²) in [6, 6.07) is 16.7. The number of benzene rings is 3. The highest BCUT2D eigenvalue weighted by Gasteiger charge is 2.11. The molecule has 3 aromatic carbocycles. The lowest BCUT2D eigenvalue weighted by Crippen LogP contribution is -2.07. The quantitative estimate of drug-likeness (QED) is 0.310. The molecule has 0 aliphatic rings. The number of nitrogens with one attached hydrogen (secondary N) is 1. The Morgan fingerprint density at radius 1 is 1.12 bits per heavy atom. The first kappa shape index (κ1) is 21.9. The van der Waals surface area contributed by atoms with E-state index in [1.807, 2.05) is 12.1 Å². The van der Waals surface area contributed by atoms with Crippen molar-refractivity contribution in [3.05, 3.63) is 81.8 Å². The third kappa shape index (κ3) is 4.79. The smallest absolute Gasteiger partial charge is 0.248 e. The van der Waals surface area contributed by atoms with Crippen LogP contribution in [0.3, 0.4) is 0 Å². The van der Waals surface area contributed by atoms with Crippen LogP contribution in [0.4, 0.5) is 5.69 Å². The lowest BCUT2D eigenvalue weighted by atomic mass is 10.1. The topological polar surface area (TPSA) is 64.4 Å². The Morgan fingerprint density at radius 3 is 2.62 bits per heavy atom. The van der Waals surface area contributed by atoms with Crippen LogP contribution in [-0.2, 0) is 11.2 Å². The Labute approximate surface area is 195 Å². The first-order valence-corrected chi connectivity index (χ1v) is 10.7. The van der Waals surface area contributed by atoms with E-state index in [2.05, 4.69) is 29.4 Å². The lowest BCUT2D eigenvalue weighted by molar-refractivity contribution is -0.111. The average molecular weight is 467 g/mol. The fourth-order valence-corrected chi connectivity index (χ4v) is 3.87. The van der Waals surface area contributed by atoms with Crippen molar-refractivity contribution in [2.24, 2.45) is 0 Å². The van der Waals surface area contributed by atoms with Gasteiger partial charge >= 0.3 is 0 Å². The van der Waals surface area contributed by atoms with Gasteiger partial charge in [-0.3, -0.25) is 4.79 Å². The first-order valence-electron chi connectivity index (χ1n) is 9.99. The summed E-state index contributed by atoms with van der Waals surface area (Å²) in [6.07, 6.45) is 3.96. The van der Waals surface area contributed by atoms with E-state index in [9.17, 15) is 4.79 Å². The van der Waals surface area contributed by atoms with Crippen molar-refractivity contribution in [2.45, 2.75) is 13.3 Å². The maximum Gasteiger partial charge on any atom is 0.248 e. The Balaban J connectivity index is 1.52. The number of aromatic nitrogens is 1. The molecule has 1 heterocycles. The zero-order chi connectivity index (χ0) is 22.7. The van der Waals surface area contributed by atoms with E-state index >= 15 is 0 Å². The summed E-state index contributed by atoms with van der Waals surface area (Å²) < 4.78 is 11.2. The van der Waals surface area contributed by atoms with E-state index in [0.29, 0.717) is 44.0 Å². The van der Waals surface area contributed by atoms with Crippen LogP contribution < -0.4 is 10.1 Å². The normalized spacial score (nSPS) is 11.2. The van der Waals surface area contributed by atoms with Gasteiger partial charge in [-0.25, -0.2) is 4.98 Å². The van der Waals surface area contributed by atoms with E-state index in [4.69, 9.17) is 32.4 Å². The molecule has 0 aliphatic carbocycles. The Hall–Kier alpha value is -3.28. The Morgan fingerprint density at radius 2 is 1.91 bits per heavy atom. The van der Waals surface area contributed by atoms with Gasteiger partial charge in [-0.15, -0.1) is 0 Å². The molecular weight excluding hydrogens is 447 g/mol. The van der Waals surface area contributed by atoms with Crippen LogP contribution in [0.2, 0.25) is 10.0 Å². The highest BCUT2D eigenvalue weighted by atomic mass is 35.5. The number of oxazole rings is 1. The number of carbonyl (C=O) groups excluding carboxylic acids is 1. The SMILES string of the molecule is CCc1ccc(-c2nc3cc(NC(=O)C=Cc4cc(Cl)cc(Cl)c4OC)ccc3o2)cc1. The molecular formula is C25H20Cl2N2O3. The molecule has 4 rings (SSSR count). The minimum absolute atomic E-state index is 0.318. The molecule has 7 heteroatoms. The third-order valence-corrected chi connectivity index (χ3v) is 5.42. The summed E-state index contributed by atoms with van der Waals surface area (Å²) in [4.78, 5) is 17.0. The van der Waals surface area contributed by atoms with Gasteiger partial charge in [0.15, 0.2) is 5.58 Å². The second-order valence-corrected chi connectivity index (χ2v) is 7.93. The van der Waals surface area contributed by atoms with Crippen molar-refractivity contribution in [1.29, 1.82) is 0 Å². The minimum Gasteiger partial charge on any atom is -0.495 e. The van der Waals surface area contributed by atoms with Crippen LogP contribution >= 0.6 is 23.2 Å². The van der Waals surface area contributed by atoms with Gasteiger partial charge in [0, 0.05) is 27.9 Å². The summed E-state index contributed by atoms with van der Waals surface area (Å²) in [5.41, 5.74) is 4.66. The van der Waals surface area contributed by atoms with Crippen LogP contribution in [-0.4, -0.2) is 18.0 Å². The molecule has 0 spiro atoms. The number of hydrogen-bond donors (Lipinski definition) is 1. The number of anilines is 1. The van der Waals surface area contributed by atoms with Crippen molar-refractivity contribution < 1.29 is 13.9 Å². The van der Waals surface area contributed by atoms with Crippen molar-refractivity contribution in [1.82, 2.24) is 4.98 Å². The van der Waals surface area contributed by atoms with Gasteiger partial charge in [0.05, 0.1) is 12.1 Å². The average Bonchev–Trinajstić information content (AvgIpc) is 3.21. The number of hydrogen-bond acceptors (Lipinski definition) is 4.